The minimum absolute atomic E-state index is 0. The summed E-state index contributed by atoms with van der Waals surface area (Å²) in [6.07, 6.45) is 6.85. The fourth-order valence-corrected chi connectivity index (χ4v) is 5.02. The lowest BCUT2D eigenvalue weighted by atomic mass is 9.47. The molecule has 3 fully saturated rings. The highest BCUT2D eigenvalue weighted by Gasteiger charge is 2.64. The molecule has 0 N–H and O–H groups in total. The second kappa shape index (κ2) is 3.85. The summed E-state index contributed by atoms with van der Waals surface area (Å²) in [5, 5.41) is 0. The fraction of sp³-hybridized carbons (Fsp3) is 0.812. The predicted molar refractivity (Wildman–Crippen MR) is 73.1 cm³/mol. The third-order valence-corrected chi connectivity index (χ3v) is 6.24. The Balaban J connectivity index is 0.00000133. The van der Waals surface area contributed by atoms with Gasteiger partial charge in [-0.15, -0.1) is 0 Å². The van der Waals surface area contributed by atoms with Crippen molar-refractivity contribution in [2.45, 2.75) is 52.4 Å². The van der Waals surface area contributed by atoms with Crippen molar-refractivity contribution in [3.63, 3.8) is 0 Å². The molecule has 0 aromatic carbocycles. The van der Waals surface area contributed by atoms with E-state index in [0.29, 0.717) is 23.9 Å². The average molecular weight is 250 g/mol. The van der Waals surface area contributed by atoms with Crippen LogP contribution in [0.3, 0.4) is 0 Å². The Kier molecular flexibility index (Phi) is 2.62. The fourth-order valence-electron chi connectivity index (χ4n) is 5.02. The Bertz CT molecular complexity index is 406. The van der Waals surface area contributed by atoms with Gasteiger partial charge < -0.3 is 4.74 Å². The molecule has 2 saturated carbocycles. The van der Waals surface area contributed by atoms with E-state index in [1.807, 2.05) is 0 Å². The van der Waals surface area contributed by atoms with Gasteiger partial charge >= 0.3 is 5.97 Å². The number of carbonyl (C=O) groups excluding carboxylic acids is 1. The van der Waals surface area contributed by atoms with Crippen molar-refractivity contribution in [2.75, 3.05) is 6.61 Å². The van der Waals surface area contributed by atoms with E-state index in [1.54, 1.807) is 0 Å². The van der Waals surface area contributed by atoms with E-state index in [0.717, 1.165) is 19.3 Å². The summed E-state index contributed by atoms with van der Waals surface area (Å²) < 4.78 is 5.47. The monoisotopic (exact) mass is 250 g/mol. The van der Waals surface area contributed by atoms with Crippen molar-refractivity contribution in [1.82, 2.24) is 0 Å². The standard InChI is InChI=1S/C16H24O2.H2/c1-4-15(3)8-5-9-16-12(10-18-14(16)17)11(2)6-7-13(15)16;/h12-13H,2,4-10H2,1,3H3;1H/t12?,13?,15-,16?;/m1./s1. The highest BCUT2D eigenvalue weighted by Crippen LogP contribution is 2.64. The third-order valence-electron chi connectivity index (χ3n) is 6.24. The van der Waals surface area contributed by atoms with E-state index in [9.17, 15) is 4.79 Å². The number of esters is 1. The first-order valence-electron chi connectivity index (χ1n) is 7.39. The predicted octanol–water partition coefficient (Wildman–Crippen LogP) is 3.96. The molecule has 102 valence electrons. The van der Waals surface area contributed by atoms with Gasteiger partial charge in [0, 0.05) is 7.34 Å². The molecule has 1 aliphatic heterocycles. The second-order valence-corrected chi connectivity index (χ2v) is 6.80. The molecule has 3 aliphatic rings. The SMILES string of the molecule is C=C1CCC2C3(CCC[C@@]2(C)CC)C(=O)OCC13.[HH]. The molecule has 0 amide bonds. The van der Waals surface area contributed by atoms with Crippen LogP contribution in [0.1, 0.15) is 53.8 Å². The largest absolute Gasteiger partial charge is 0.465 e. The van der Waals surface area contributed by atoms with Crippen LogP contribution in [-0.2, 0) is 9.53 Å². The molecule has 1 spiro atoms. The molecular formula is C16H26O2. The quantitative estimate of drug-likeness (QED) is 0.520. The summed E-state index contributed by atoms with van der Waals surface area (Å²) in [6, 6.07) is 0. The molecule has 0 bridgehead atoms. The highest BCUT2D eigenvalue weighted by atomic mass is 16.5. The first-order chi connectivity index (χ1) is 8.54. The number of cyclic esters (lactones) is 1. The van der Waals surface area contributed by atoms with Crippen LogP contribution in [0.15, 0.2) is 12.2 Å². The zero-order valence-electron chi connectivity index (χ0n) is 11.6. The summed E-state index contributed by atoms with van der Waals surface area (Å²) in [6.45, 7) is 9.47. The summed E-state index contributed by atoms with van der Waals surface area (Å²) >= 11 is 0. The van der Waals surface area contributed by atoms with Gasteiger partial charge in [-0.1, -0.05) is 38.8 Å². The normalized spacial score (nSPS) is 47.4. The highest BCUT2D eigenvalue weighted by molar-refractivity contribution is 5.81. The Morgan fingerprint density at radius 1 is 1.50 bits per heavy atom. The van der Waals surface area contributed by atoms with Gasteiger partial charge in [0.1, 0.15) is 0 Å². The van der Waals surface area contributed by atoms with Gasteiger partial charge in [0.15, 0.2) is 0 Å². The molecule has 0 aromatic rings. The molecule has 3 unspecified atom stereocenters. The number of hydrogen-bond donors (Lipinski definition) is 0. The van der Waals surface area contributed by atoms with E-state index in [-0.39, 0.29) is 12.8 Å². The van der Waals surface area contributed by atoms with Gasteiger partial charge in [-0.25, -0.2) is 0 Å². The Morgan fingerprint density at radius 2 is 2.28 bits per heavy atom. The lowest BCUT2D eigenvalue weighted by molar-refractivity contribution is -0.158. The minimum atomic E-state index is -0.210. The second-order valence-electron chi connectivity index (χ2n) is 6.80. The van der Waals surface area contributed by atoms with E-state index in [1.165, 1.54) is 24.8 Å². The smallest absolute Gasteiger partial charge is 0.313 e. The molecule has 2 aliphatic carbocycles. The topological polar surface area (TPSA) is 26.3 Å². The average Bonchev–Trinajstić information content (AvgIpc) is 2.68. The van der Waals surface area contributed by atoms with Crippen LogP contribution >= 0.6 is 0 Å². The number of ether oxygens (including phenoxy) is 1. The first kappa shape index (κ1) is 12.3. The lowest BCUT2D eigenvalue weighted by Gasteiger charge is -2.55. The lowest BCUT2D eigenvalue weighted by Crippen LogP contribution is -2.53. The maximum atomic E-state index is 12.5. The molecule has 0 aromatic heterocycles. The van der Waals surface area contributed by atoms with Crippen LogP contribution in [0.4, 0.5) is 0 Å². The summed E-state index contributed by atoms with van der Waals surface area (Å²) in [4.78, 5) is 12.5. The van der Waals surface area contributed by atoms with E-state index in [2.05, 4.69) is 20.4 Å². The van der Waals surface area contributed by atoms with Gasteiger partial charge in [-0.2, -0.15) is 0 Å². The van der Waals surface area contributed by atoms with Crippen LogP contribution in [-0.4, -0.2) is 12.6 Å². The van der Waals surface area contributed by atoms with Crippen molar-refractivity contribution in [2.24, 2.45) is 22.7 Å². The number of rotatable bonds is 1. The van der Waals surface area contributed by atoms with E-state index in [4.69, 9.17) is 4.74 Å². The number of hydrogen-bond acceptors (Lipinski definition) is 2. The summed E-state index contributed by atoms with van der Waals surface area (Å²) in [7, 11) is 0. The maximum Gasteiger partial charge on any atom is 0.313 e. The van der Waals surface area contributed by atoms with E-state index >= 15 is 0 Å². The molecule has 1 saturated heterocycles. The summed E-state index contributed by atoms with van der Waals surface area (Å²) in [5.74, 6) is 0.891. The maximum absolute atomic E-state index is 12.5. The Morgan fingerprint density at radius 3 is 3.00 bits per heavy atom. The molecule has 4 atom stereocenters. The van der Waals surface area contributed by atoms with Gasteiger partial charge in [-0.3, -0.25) is 4.79 Å². The third kappa shape index (κ3) is 1.32. The Labute approximate surface area is 111 Å². The molecule has 2 nitrogen and oxygen atoms in total. The van der Waals surface area contributed by atoms with Crippen LogP contribution in [0.25, 0.3) is 0 Å². The van der Waals surface area contributed by atoms with Crippen LogP contribution in [0.2, 0.25) is 0 Å². The molecule has 2 heteroatoms. The van der Waals surface area contributed by atoms with Crippen LogP contribution in [0.5, 0.6) is 0 Å². The van der Waals surface area contributed by atoms with Crippen molar-refractivity contribution >= 4 is 5.97 Å². The summed E-state index contributed by atoms with van der Waals surface area (Å²) in [5.41, 5.74) is 1.37. The van der Waals surface area contributed by atoms with Gasteiger partial charge in [0.25, 0.3) is 0 Å². The number of carbonyl (C=O) groups is 1. The van der Waals surface area contributed by atoms with Crippen molar-refractivity contribution < 1.29 is 11.0 Å². The molecule has 1 heterocycles. The first-order valence-corrected chi connectivity index (χ1v) is 7.39. The molecule has 18 heavy (non-hydrogen) atoms. The molecule has 0 radical (unpaired) electrons. The van der Waals surface area contributed by atoms with Gasteiger partial charge in [-0.05, 0) is 37.0 Å². The molecule has 3 rings (SSSR count). The van der Waals surface area contributed by atoms with Gasteiger partial charge in [0.05, 0.1) is 12.0 Å². The van der Waals surface area contributed by atoms with Crippen molar-refractivity contribution in [1.29, 1.82) is 0 Å². The zero-order chi connectivity index (χ0) is 13.0. The minimum Gasteiger partial charge on any atom is -0.465 e. The molecular weight excluding hydrogens is 224 g/mol. The van der Waals surface area contributed by atoms with Crippen LogP contribution < -0.4 is 0 Å². The zero-order valence-corrected chi connectivity index (χ0v) is 11.6. The van der Waals surface area contributed by atoms with Crippen LogP contribution in [0, 0.1) is 22.7 Å². The van der Waals surface area contributed by atoms with Crippen molar-refractivity contribution in [3.05, 3.63) is 12.2 Å². The Hall–Kier alpha value is -0.790. The van der Waals surface area contributed by atoms with Gasteiger partial charge in [0.2, 0.25) is 0 Å². The van der Waals surface area contributed by atoms with Crippen molar-refractivity contribution in [3.8, 4) is 0 Å². The van der Waals surface area contributed by atoms with E-state index < -0.39 is 0 Å².